The van der Waals surface area contributed by atoms with E-state index in [1.807, 2.05) is 18.2 Å². The van der Waals surface area contributed by atoms with Gasteiger partial charge in [-0.25, -0.2) is 0 Å². The fourth-order valence-electron chi connectivity index (χ4n) is 3.60. The summed E-state index contributed by atoms with van der Waals surface area (Å²) in [4.78, 5) is 4.70. The standard InChI is InChI=1S/C21H28N2O2/c1-16-8-9-18(17(2)14-16)20(24)15-22-10-12-23(13-11-22)19-6-4-5-7-21(19)25-3/h4-9,14,20,24H,10-13,15H2,1-3H3. The Morgan fingerprint density at radius 3 is 2.44 bits per heavy atom. The highest BCUT2D eigenvalue weighted by molar-refractivity contribution is 5.58. The van der Waals surface area contributed by atoms with Crippen molar-refractivity contribution in [2.75, 3.05) is 44.7 Å². The molecule has 1 aliphatic heterocycles. The van der Waals surface area contributed by atoms with E-state index in [1.165, 1.54) is 11.1 Å². The van der Waals surface area contributed by atoms with Gasteiger partial charge in [0.05, 0.1) is 18.9 Å². The maximum atomic E-state index is 10.6. The third kappa shape index (κ3) is 4.14. The van der Waals surface area contributed by atoms with Gasteiger partial charge in [0.1, 0.15) is 5.75 Å². The zero-order valence-corrected chi connectivity index (χ0v) is 15.4. The zero-order chi connectivity index (χ0) is 17.8. The fraction of sp³-hybridized carbons (Fsp3) is 0.429. The van der Waals surface area contributed by atoms with Crippen LogP contribution in [-0.2, 0) is 0 Å². The predicted octanol–water partition coefficient (Wildman–Crippen LogP) is 3.17. The fourth-order valence-corrected chi connectivity index (χ4v) is 3.60. The summed E-state index contributed by atoms with van der Waals surface area (Å²) in [6.45, 7) is 8.62. The zero-order valence-electron chi connectivity index (χ0n) is 15.4. The molecule has 1 heterocycles. The summed E-state index contributed by atoms with van der Waals surface area (Å²) in [6.07, 6.45) is -0.432. The minimum Gasteiger partial charge on any atom is -0.495 e. The van der Waals surface area contributed by atoms with Gasteiger partial charge in [-0.05, 0) is 37.1 Å². The molecule has 0 saturated carbocycles. The van der Waals surface area contributed by atoms with Crippen LogP contribution >= 0.6 is 0 Å². The molecule has 1 saturated heterocycles. The third-order valence-corrected chi connectivity index (χ3v) is 5.01. The Kier molecular flexibility index (Phi) is 5.61. The molecule has 0 radical (unpaired) electrons. The summed E-state index contributed by atoms with van der Waals surface area (Å²) in [5.74, 6) is 0.922. The first-order valence-corrected chi connectivity index (χ1v) is 8.94. The Morgan fingerprint density at radius 1 is 1.04 bits per heavy atom. The second kappa shape index (κ2) is 7.89. The molecular weight excluding hydrogens is 312 g/mol. The van der Waals surface area contributed by atoms with Gasteiger partial charge in [0.15, 0.2) is 0 Å². The smallest absolute Gasteiger partial charge is 0.142 e. The normalized spacial score (nSPS) is 16.7. The van der Waals surface area contributed by atoms with E-state index < -0.39 is 6.10 Å². The topological polar surface area (TPSA) is 35.9 Å². The molecule has 4 heteroatoms. The number of hydrogen-bond donors (Lipinski definition) is 1. The first kappa shape index (κ1) is 17.8. The largest absolute Gasteiger partial charge is 0.495 e. The molecule has 25 heavy (non-hydrogen) atoms. The summed E-state index contributed by atoms with van der Waals surface area (Å²) in [6, 6.07) is 14.4. The van der Waals surface area contributed by atoms with E-state index in [0.717, 1.165) is 43.2 Å². The average Bonchev–Trinajstić information content (AvgIpc) is 2.62. The van der Waals surface area contributed by atoms with Gasteiger partial charge in [-0.15, -0.1) is 0 Å². The van der Waals surface area contributed by atoms with Crippen LogP contribution in [-0.4, -0.2) is 49.8 Å². The monoisotopic (exact) mass is 340 g/mol. The van der Waals surface area contributed by atoms with Crippen LogP contribution in [0.2, 0.25) is 0 Å². The Bertz CT molecular complexity index is 709. The Balaban J connectivity index is 1.59. The van der Waals surface area contributed by atoms with Crippen LogP contribution in [0, 0.1) is 13.8 Å². The van der Waals surface area contributed by atoms with Crippen LogP contribution in [0.5, 0.6) is 5.75 Å². The van der Waals surface area contributed by atoms with E-state index in [4.69, 9.17) is 4.74 Å². The van der Waals surface area contributed by atoms with E-state index in [1.54, 1.807) is 7.11 Å². The van der Waals surface area contributed by atoms with Crippen molar-refractivity contribution < 1.29 is 9.84 Å². The van der Waals surface area contributed by atoms with Crippen molar-refractivity contribution in [1.82, 2.24) is 4.90 Å². The van der Waals surface area contributed by atoms with E-state index in [9.17, 15) is 5.11 Å². The number of methoxy groups -OCH3 is 1. The van der Waals surface area contributed by atoms with Crippen LogP contribution in [0.15, 0.2) is 42.5 Å². The van der Waals surface area contributed by atoms with E-state index in [-0.39, 0.29) is 0 Å². The van der Waals surface area contributed by atoms with Crippen molar-refractivity contribution in [1.29, 1.82) is 0 Å². The summed E-state index contributed by atoms with van der Waals surface area (Å²) in [5, 5.41) is 10.6. The van der Waals surface area contributed by atoms with Crippen molar-refractivity contribution >= 4 is 5.69 Å². The van der Waals surface area contributed by atoms with Crippen LogP contribution < -0.4 is 9.64 Å². The number of nitrogens with zero attached hydrogens (tertiary/aromatic N) is 2. The molecule has 1 unspecified atom stereocenters. The second-order valence-corrected chi connectivity index (χ2v) is 6.84. The molecule has 1 fully saturated rings. The van der Waals surface area contributed by atoms with Gasteiger partial charge in [-0.1, -0.05) is 35.9 Å². The second-order valence-electron chi connectivity index (χ2n) is 6.84. The lowest BCUT2D eigenvalue weighted by atomic mass is 10.0. The number of hydrogen-bond acceptors (Lipinski definition) is 4. The molecule has 2 aromatic carbocycles. The summed E-state index contributed by atoms with van der Waals surface area (Å²) < 4.78 is 5.48. The molecule has 0 bridgehead atoms. The van der Waals surface area contributed by atoms with Crippen LogP contribution in [0.25, 0.3) is 0 Å². The third-order valence-electron chi connectivity index (χ3n) is 5.01. The molecule has 1 aliphatic rings. The van der Waals surface area contributed by atoms with Crippen LogP contribution in [0.4, 0.5) is 5.69 Å². The molecule has 0 aromatic heterocycles. The van der Waals surface area contributed by atoms with E-state index >= 15 is 0 Å². The molecule has 2 aromatic rings. The van der Waals surface area contributed by atoms with Crippen LogP contribution in [0.1, 0.15) is 22.8 Å². The lowest BCUT2D eigenvalue weighted by Gasteiger charge is -2.37. The molecule has 0 spiro atoms. The number of benzene rings is 2. The molecule has 4 nitrogen and oxygen atoms in total. The molecule has 1 N–H and O–H groups in total. The quantitative estimate of drug-likeness (QED) is 0.907. The maximum absolute atomic E-state index is 10.6. The predicted molar refractivity (Wildman–Crippen MR) is 103 cm³/mol. The van der Waals surface area contributed by atoms with Gasteiger partial charge in [0.25, 0.3) is 0 Å². The average molecular weight is 340 g/mol. The van der Waals surface area contributed by atoms with Gasteiger partial charge >= 0.3 is 0 Å². The minimum atomic E-state index is -0.432. The molecule has 1 atom stereocenters. The number of aryl methyl sites for hydroxylation is 2. The summed E-state index contributed by atoms with van der Waals surface area (Å²) in [5.41, 5.74) is 4.59. The highest BCUT2D eigenvalue weighted by Gasteiger charge is 2.22. The maximum Gasteiger partial charge on any atom is 0.142 e. The van der Waals surface area contributed by atoms with Gasteiger partial charge in [-0.3, -0.25) is 4.90 Å². The van der Waals surface area contributed by atoms with Crippen molar-refractivity contribution in [3.8, 4) is 5.75 Å². The van der Waals surface area contributed by atoms with Crippen molar-refractivity contribution in [2.45, 2.75) is 20.0 Å². The molecule has 0 amide bonds. The number of rotatable bonds is 5. The van der Waals surface area contributed by atoms with Gasteiger partial charge in [-0.2, -0.15) is 0 Å². The number of ether oxygens (including phenoxy) is 1. The van der Waals surface area contributed by atoms with Gasteiger partial charge in [0, 0.05) is 32.7 Å². The van der Waals surface area contributed by atoms with Crippen LogP contribution in [0.3, 0.4) is 0 Å². The molecule has 0 aliphatic carbocycles. The minimum absolute atomic E-state index is 0.432. The number of β-amino-alcohol motifs (C(OH)–C–C–N with tert-alkyl or cyclic N) is 1. The van der Waals surface area contributed by atoms with Crippen molar-refractivity contribution in [3.63, 3.8) is 0 Å². The number of aliphatic hydroxyl groups excluding tert-OH is 1. The first-order valence-electron chi connectivity index (χ1n) is 8.94. The van der Waals surface area contributed by atoms with Gasteiger partial charge < -0.3 is 14.7 Å². The summed E-state index contributed by atoms with van der Waals surface area (Å²) >= 11 is 0. The molecule has 3 rings (SSSR count). The number of anilines is 1. The highest BCUT2D eigenvalue weighted by Crippen LogP contribution is 2.28. The molecular formula is C21H28N2O2. The number of aliphatic hydroxyl groups is 1. The Morgan fingerprint density at radius 2 is 1.76 bits per heavy atom. The van der Waals surface area contributed by atoms with E-state index in [0.29, 0.717) is 6.54 Å². The Hall–Kier alpha value is -2.04. The van der Waals surface area contributed by atoms with Gasteiger partial charge in [0.2, 0.25) is 0 Å². The number of piperazine rings is 1. The first-order chi connectivity index (χ1) is 12.1. The van der Waals surface area contributed by atoms with Crippen molar-refractivity contribution in [3.05, 3.63) is 59.2 Å². The lowest BCUT2D eigenvalue weighted by molar-refractivity contribution is 0.109. The summed E-state index contributed by atoms with van der Waals surface area (Å²) in [7, 11) is 1.72. The highest BCUT2D eigenvalue weighted by atomic mass is 16.5. The van der Waals surface area contributed by atoms with Crippen molar-refractivity contribution in [2.24, 2.45) is 0 Å². The lowest BCUT2D eigenvalue weighted by Crippen LogP contribution is -2.47. The molecule has 134 valence electrons. The van der Waals surface area contributed by atoms with E-state index in [2.05, 4.69) is 47.9 Å². The number of para-hydroxylation sites is 2. The Labute approximate surface area is 150 Å². The SMILES string of the molecule is COc1ccccc1N1CCN(CC(O)c2ccc(C)cc2C)CC1.